The number of furan rings is 1. The fourth-order valence-corrected chi connectivity index (χ4v) is 6.77. The van der Waals surface area contributed by atoms with Gasteiger partial charge in [0.05, 0.1) is 26.9 Å². The van der Waals surface area contributed by atoms with Gasteiger partial charge in [-0.3, -0.25) is 9.36 Å². The zero-order valence-electron chi connectivity index (χ0n) is 21.3. The number of benzene rings is 3. The second-order valence-corrected chi connectivity index (χ2v) is 11.3. The average molecular weight is 583 g/mol. The second-order valence-electron chi connectivity index (χ2n) is 9.87. The highest BCUT2D eigenvalue weighted by Gasteiger charge is 2.32. The number of carboxylic acids is 1. The van der Waals surface area contributed by atoms with E-state index in [1.807, 2.05) is 12.1 Å². The molecule has 0 amide bonds. The summed E-state index contributed by atoms with van der Waals surface area (Å²) in [5, 5.41) is 9.34. The van der Waals surface area contributed by atoms with E-state index >= 15 is 0 Å². The number of halogens is 2. The van der Waals surface area contributed by atoms with Gasteiger partial charge in [-0.2, -0.15) is 0 Å². The molecule has 2 aromatic heterocycles. The molecule has 1 aliphatic heterocycles. The Labute approximate surface area is 241 Å². The third-order valence-corrected chi connectivity index (χ3v) is 8.74. The maximum atomic E-state index is 13.9. The SMILES string of the molecule is O=C(O)c1ccc(-c2ccc(/C=c3\sc4n(c3=O)C(c3ccc(F)cc3)C3=C(N=4)c4ccccc4CC3)o2)cc1Cl. The van der Waals surface area contributed by atoms with Crippen LogP contribution in [0.2, 0.25) is 5.02 Å². The Morgan fingerprint density at radius 2 is 1.88 bits per heavy atom. The molecule has 0 saturated heterocycles. The van der Waals surface area contributed by atoms with Crippen molar-refractivity contribution in [3.8, 4) is 11.3 Å². The van der Waals surface area contributed by atoms with E-state index in [2.05, 4.69) is 12.1 Å². The van der Waals surface area contributed by atoms with Crippen LogP contribution < -0.4 is 14.9 Å². The van der Waals surface area contributed by atoms with Crippen LogP contribution in [0.15, 0.2) is 98.6 Å². The number of thiazole rings is 1. The first-order valence-corrected chi connectivity index (χ1v) is 14.1. The van der Waals surface area contributed by atoms with Crippen LogP contribution in [-0.4, -0.2) is 15.6 Å². The summed E-state index contributed by atoms with van der Waals surface area (Å²) in [6, 6.07) is 22.1. The molecule has 5 aromatic rings. The van der Waals surface area contributed by atoms with Crippen molar-refractivity contribution in [3.05, 3.63) is 143 Å². The normalized spacial score (nSPS) is 16.1. The Morgan fingerprint density at radius 3 is 2.66 bits per heavy atom. The first kappa shape index (κ1) is 25.4. The van der Waals surface area contributed by atoms with E-state index < -0.39 is 12.0 Å². The summed E-state index contributed by atoms with van der Waals surface area (Å²) in [6.07, 6.45) is 3.25. The van der Waals surface area contributed by atoms with Crippen molar-refractivity contribution in [2.45, 2.75) is 18.9 Å². The summed E-state index contributed by atoms with van der Waals surface area (Å²) in [7, 11) is 0. The molecule has 0 radical (unpaired) electrons. The molecule has 1 atom stereocenters. The number of aromatic nitrogens is 1. The third kappa shape index (κ3) is 4.36. The lowest BCUT2D eigenvalue weighted by Crippen LogP contribution is -2.38. The van der Waals surface area contributed by atoms with Gasteiger partial charge < -0.3 is 9.52 Å². The van der Waals surface area contributed by atoms with Crippen LogP contribution in [0.25, 0.3) is 23.1 Å². The maximum Gasteiger partial charge on any atom is 0.337 e. The molecule has 2 aliphatic rings. The van der Waals surface area contributed by atoms with Crippen molar-refractivity contribution < 1.29 is 18.7 Å². The molecule has 1 N–H and O–H groups in total. The minimum Gasteiger partial charge on any atom is -0.478 e. The molecule has 3 heterocycles. The number of carbonyl (C=O) groups is 1. The number of aryl methyl sites for hydroxylation is 1. The quantitative estimate of drug-likeness (QED) is 0.279. The molecule has 41 heavy (non-hydrogen) atoms. The number of fused-ring (bicyclic) bond motifs is 3. The van der Waals surface area contributed by atoms with Crippen molar-refractivity contribution in [1.82, 2.24) is 4.57 Å². The van der Waals surface area contributed by atoms with Gasteiger partial charge in [-0.15, -0.1) is 0 Å². The van der Waals surface area contributed by atoms with Gasteiger partial charge >= 0.3 is 5.97 Å². The van der Waals surface area contributed by atoms with Crippen molar-refractivity contribution in [2.75, 3.05) is 0 Å². The van der Waals surface area contributed by atoms with E-state index in [0.29, 0.717) is 26.4 Å². The summed E-state index contributed by atoms with van der Waals surface area (Å²) in [4.78, 5) is 30.7. The highest BCUT2D eigenvalue weighted by atomic mass is 35.5. The van der Waals surface area contributed by atoms with Crippen molar-refractivity contribution in [1.29, 1.82) is 0 Å². The molecule has 0 bridgehead atoms. The smallest absolute Gasteiger partial charge is 0.337 e. The molecule has 1 aliphatic carbocycles. The van der Waals surface area contributed by atoms with Crippen LogP contribution in [0.5, 0.6) is 0 Å². The molecule has 9 heteroatoms. The van der Waals surface area contributed by atoms with Crippen molar-refractivity contribution in [2.24, 2.45) is 4.99 Å². The van der Waals surface area contributed by atoms with E-state index in [1.165, 1.54) is 41.2 Å². The Hall–Kier alpha value is -4.53. The minimum absolute atomic E-state index is 0.00401. The molecule has 7 rings (SSSR count). The van der Waals surface area contributed by atoms with Gasteiger partial charge in [0.1, 0.15) is 17.3 Å². The molecule has 6 nitrogen and oxygen atoms in total. The van der Waals surface area contributed by atoms with Crippen LogP contribution in [0.1, 0.15) is 45.3 Å². The largest absolute Gasteiger partial charge is 0.478 e. The molecule has 0 fully saturated rings. The Bertz CT molecular complexity index is 2090. The lowest BCUT2D eigenvalue weighted by Gasteiger charge is -2.30. The van der Waals surface area contributed by atoms with E-state index in [-0.39, 0.29) is 22.0 Å². The third-order valence-electron chi connectivity index (χ3n) is 7.44. The van der Waals surface area contributed by atoms with Crippen LogP contribution in [0, 0.1) is 5.82 Å². The predicted octanol–water partition coefficient (Wildman–Crippen LogP) is 6.07. The van der Waals surface area contributed by atoms with Gasteiger partial charge in [-0.1, -0.05) is 65.4 Å². The number of hydrogen-bond donors (Lipinski definition) is 1. The number of rotatable bonds is 4. The lowest BCUT2D eigenvalue weighted by atomic mass is 9.83. The maximum absolute atomic E-state index is 13.9. The van der Waals surface area contributed by atoms with Gasteiger partial charge in [0.25, 0.3) is 5.56 Å². The van der Waals surface area contributed by atoms with Gasteiger partial charge in [0, 0.05) is 17.2 Å². The summed E-state index contributed by atoms with van der Waals surface area (Å²) < 4.78 is 22.0. The number of hydrogen-bond acceptors (Lipinski definition) is 5. The number of aromatic carboxylic acids is 1. The van der Waals surface area contributed by atoms with E-state index in [1.54, 1.807) is 41.0 Å². The summed E-state index contributed by atoms with van der Waals surface area (Å²) >= 11 is 7.41. The molecular weight excluding hydrogens is 563 g/mol. The van der Waals surface area contributed by atoms with Gasteiger partial charge in [-0.05, 0) is 65.9 Å². The monoisotopic (exact) mass is 582 g/mol. The van der Waals surface area contributed by atoms with Crippen LogP contribution in [-0.2, 0) is 6.42 Å². The first-order valence-electron chi connectivity index (χ1n) is 12.9. The molecule has 1 unspecified atom stereocenters. The highest BCUT2D eigenvalue weighted by molar-refractivity contribution is 7.07. The zero-order valence-corrected chi connectivity index (χ0v) is 22.9. The zero-order chi connectivity index (χ0) is 28.2. The minimum atomic E-state index is -1.11. The highest BCUT2D eigenvalue weighted by Crippen LogP contribution is 2.41. The summed E-state index contributed by atoms with van der Waals surface area (Å²) in [6.45, 7) is 0. The second kappa shape index (κ2) is 9.83. The lowest BCUT2D eigenvalue weighted by molar-refractivity contribution is 0.0697. The van der Waals surface area contributed by atoms with E-state index in [4.69, 9.17) is 21.0 Å². The van der Waals surface area contributed by atoms with Crippen LogP contribution in [0.3, 0.4) is 0 Å². The Balaban J connectivity index is 1.36. The predicted molar refractivity (Wildman–Crippen MR) is 155 cm³/mol. The molecule has 3 aromatic carbocycles. The molecule has 202 valence electrons. The number of allylic oxidation sites excluding steroid dienone is 1. The van der Waals surface area contributed by atoms with Gasteiger partial charge in [0.2, 0.25) is 0 Å². The van der Waals surface area contributed by atoms with E-state index in [9.17, 15) is 19.1 Å². The molecular formula is C32H20ClFN2O4S. The average Bonchev–Trinajstić information content (AvgIpc) is 3.56. The summed E-state index contributed by atoms with van der Waals surface area (Å²) in [5.41, 5.74) is 5.41. The topological polar surface area (TPSA) is 84.8 Å². The van der Waals surface area contributed by atoms with Crippen molar-refractivity contribution >= 4 is 40.7 Å². The number of nitrogens with zero attached hydrogens (tertiary/aromatic N) is 2. The molecule has 0 spiro atoms. The molecule has 0 saturated carbocycles. The van der Waals surface area contributed by atoms with Crippen LogP contribution >= 0.6 is 22.9 Å². The fraction of sp³-hybridized carbons (Fsp3) is 0.0938. The van der Waals surface area contributed by atoms with Crippen LogP contribution in [0.4, 0.5) is 4.39 Å². The first-order chi connectivity index (χ1) is 19.9. The van der Waals surface area contributed by atoms with E-state index in [0.717, 1.165) is 35.2 Å². The number of carboxylic acid groups (broad SMARTS) is 1. The van der Waals surface area contributed by atoms with Gasteiger partial charge in [-0.25, -0.2) is 14.2 Å². The van der Waals surface area contributed by atoms with Crippen molar-refractivity contribution in [3.63, 3.8) is 0 Å². The standard InChI is InChI=1S/C32H20ClFN2O4S/c33-25-15-19(8-12-23(25)31(38)39)26-14-11-21(40-26)16-27-30(37)36-29(18-5-9-20(34)10-6-18)24-13-7-17-3-1-2-4-22(17)28(24)35-32(36)41-27/h1-6,8-12,14-16,29H,7,13H2,(H,38,39)/b27-16-. The Kier molecular flexibility index (Phi) is 6.10. The fourth-order valence-electron chi connectivity index (χ4n) is 5.52. The Morgan fingerprint density at radius 1 is 1.07 bits per heavy atom. The van der Waals surface area contributed by atoms with Gasteiger partial charge in [0.15, 0.2) is 4.80 Å². The summed E-state index contributed by atoms with van der Waals surface area (Å²) in [5.74, 6) is -0.506.